The van der Waals surface area contributed by atoms with E-state index in [-0.39, 0.29) is 17.6 Å². The van der Waals surface area contributed by atoms with Gasteiger partial charge in [-0.15, -0.1) is 0 Å². The van der Waals surface area contributed by atoms with Gasteiger partial charge in [0.1, 0.15) is 0 Å². The predicted molar refractivity (Wildman–Crippen MR) is 89.4 cm³/mol. The second kappa shape index (κ2) is 10.1. The largest absolute Gasteiger partial charge is 0.504 e. The topological polar surface area (TPSA) is 58.6 Å². The van der Waals surface area contributed by atoms with Crippen molar-refractivity contribution in [2.75, 3.05) is 13.7 Å². The van der Waals surface area contributed by atoms with Crippen LogP contribution in [-0.2, 0) is 9.53 Å². The van der Waals surface area contributed by atoms with Crippen LogP contribution in [0, 0.1) is 11.8 Å². The lowest BCUT2D eigenvalue weighted by Crippen LogP contribution is -2.29. The molecule has 0 aromatic heterocycles. The molecule has 0 heterocycles. The summed E-state index contributed by atoms with van der Waals surface area (Å²) < 4.78 is 5.08. The molecule has 4 heteroatoms. The zero-order chi connectivity index (χ0) is 16.4. The Morgan fingerprint density at radius 2 is 2.27 bits per heavy atom. The molecule has 0 saturated carbocycles. The molecule has 2 N–H and O–H groups in total. The number of amides is 1. The fourth-order valence-corrected chi connectivity index (χ4v) is 2.30. The third-order valence-corrected chi connectivity index (χ3v) is 3.58. The van der Waals surface area contributed by atoms with E-state index >= 15 is 0 Å². The molecular weight excluding hydrogens is 278 g/mol. The van der Waals surface area contributed by atoms with Crippen molar-refractivity contribution >= 4 is 5.91 Å². The Labute approximate surface area is 133 Å². The van der Waals surface area contributed by atoms with Gasteiger partial charge in [-0.05, 0) is 43.8 Å². The molecule has 0 aromatic carbocycles. The highest BCUT2D eigenvalue weighted by Crippen LogP contribution is 2.21. The first-order valence-corrected chi connectivity index (χ1v) is 8.11. The first-order chi connectivity index (χ1) is 10.5. The lowest BCUT2D eigenvalue weighted by Gasteiger charge is -2.18. The highest BCUT2D eigenvalue weighted by Gasteiger charge is 2.16. The van der Waals surface area contributed by atoms with Crippen molar-refractivity contribution < 1.29 is 14.6 Å². The summed E-state index contributed by atoms with van der Waals surface area (Å²) >= 11 is 0. The van der Waals surface area contributed by atoms with E-state index in [4.69, 9.17) is 4.74 Å². The van der Waals surface area contributed by atoms with Gasteiger partial charge in [-0.25, -0.2) is 0 Å². The maximum Gasteiger partial charge on any atom is 0.220 e. The normalized spacial score (nSPS) is 18.3. The Kier molecular flexibility index (Phi) is 8.41. The van der Waals surface area contributed by atoms with Crippen LogP contribution in [0.15, 0.2) is 35.8 Å². The Balaban J connectivity index is 2.15. The van der Waals surface area contributed by atoms with E-state index in [1.165, 1.54) is 7.11 Å². The molecule has 1 aliphatic carbocycles. The van der Waals surface area contributed by atoms with Crippen molar-refractivity contribution in [2.45, 2.75) is 46.0 Å². The number of carbonyl (C=O) groups excluding carboxylic acids is 1. The first kappa shape index (κ1) is 18.3. The minimum atomic E-state index is 0.0963. The number of methoxy groups -OCH3 is 1. The van der Waals surface area contributed by atoms with Crippen LogP contribution in [0.5, 0.6) is 0 Å². The molecule has 0 saturated heterocycles. The molecule has 0 bridgehead atoms. The number of allylic oxidation sites excluding steroid dienone is 3. The standard InChI is InChI=1S/C18H29NO3/c1-14(2)8-6-4-5-7-9-18(21)19-13-15-10-11-16(20)17(12-15)22-3/h6,8,11-12,14-15,20H,4-5,7,9-10,13H2,1-3H3,(H,19,21)/b8-6+/t15-/m0/s1. The summed E-state index contributed by atoms with van der Waals surface area (Å²) in [6.45, 7) is 4.91. The van der Waals surface area contributed by atoms with Gasteiger partial charge in [-0.2, -0.15) is 0 Å². The number of unbranched alkanes of at least 4 members (excludes halogenated alkanes) is 2. The number of aliphatic hydroxyl groups excluding tert-OH is 1. The van der Waals surface area contributed by atoms with Crippen molar-refractivity contribution in [3.63, 3.8) is 0 Å². The lowest BCUT2D eigenvalue weighted by molar-refractivity contribution is -0.121. The van der Waals surface area contributed by atoms with E-state index in [9.17, 15) is 9.90 Å². The van der Waals surface area contributed by atoms with E-state index in [2.05, 4.69) is 31.3 Å². The number of ether oxygens (including phenoxy) is 1. The summed E-state index contributed by atoms with van der Waals surface area (Å²) in [5.41, 5.74) is 0. The first-order valence-electron chi connectivity index (χ1n) is 8.11. The van der Waals surface area contributed by atoms with E-state index < -0.39 is 0 Å². The van der Waals surface area contributed by atoms with Crippen LogP contribution in [-0.4, -0.2) is 24.7 Å². The second-order valence-electron chi connectivity index (χ2n) is 6.04. The van der Waals surface area contributed by atoms with Crippen molar-refractivity contribution in [3.05, 3.63) is 35.8 Å². The molecule has 22 heavy (non-hydrogen) atoms. The fourth-order valence-electron chi connectivity index (χ4n) is 2.30. The van der Waals surface area contributed by atoms with Crippen LogP contribution in [0.25, 0.3) is 0 Å². The third kappa shape index (κ3) is 7.34. The number of carbonyl (C=O) groups is 1. The molecule has 0 spiro atoms. The molecule has 1 atom stereocenters. The maximum absolute atomic E-state index is 11.8. The van der Waals surface area contributed by atoms with Gasteiger partial charge >= 0.3 is 0 Å². The fraction of sp³-hybridized carbons (Fsp3) is 0.611. The summed E-state index contributed by atoms with van der Waals surface area (Å²) in [5, 5.41) is 12.5. The van der Waals surface area contributed by atoms with Crippen molar-refractivity contribution in [1.82, 2.24) is 5.32 Å². The minimum Gasteiger partial charge on any atom is -0.504 e. The summed E-state index contributed by atoms with van der Waals surface area (Å²) in [6, 6.07) is 0. The van der Waals surface area contributed by atoms with Gasteiger partial charge in [0.15, 0.2) is 11.5 Å². The number of hydrogen-bond acceptors (Lipinski definition) is 3. The van der Waals surface area contributed by atoms with Crippen molar-refractivity contribution in [3.8, 4) is 0 Å². The highest BCUT2D eigenvalue weighted by atomic mass is 16.5. The van der Waals surface area contributed by atoms with Crippen LogP contribution >= 0.6 is 0 Å². The van der Waals surface area contributed by atoms with Gasteiger partial charge in [-0.1, -0.05) is 26.0 Å². The molecule has 0 aromatic rings. The van der Waals surface area contributed by atoms with Crippen molar-refractivity contribution in [2.24, 2.45) is 11.8 Å². The molecule has 1 aliphatic rings. The van der Waals surface area contributed by atoms with Gasteiger partial charge in [0.2, 0.25) is 5.91 Å². The molecule has 4 nitrogen and oxygen atoms in total. The van der Waals surface area contributed by atoms with Crippen LogP contribution in [0.2, 0.25) is 0 Å². The van der Waals surface area contributed by atoms with Crippen LogP contribution in [0.4, 0.5) is 0 Å². The van der Waals surface area contributed by atoms with Gasteiger partial charge in [0, 0.05) is 18.9 Å². The SMILES string of the molecule is COC1=C[C@@H](CNC(=O)CCCC/C=C/C(C)C)CC=C1O. The van der Waals surface area contributed by atoms with Crippen LogP contribution in [0.3, 0.4) is 0 Å². The Morgan fingerprint density at radius 3 is 2.95 bits per heavy atom. The molecule has 0 fully saturated rings. The van der Waals surface area contributed by atoms with E-state index in [1.807, 2.05) is 6.08 Å². The molecule has 1 rings (SSSR count). The molecular formula is C18H29NO3. The number of aliphatic hydroxyl groups is 1. The summed E-state index contributed by atoms with van der Waals surface area (Å²) in [7, 11) is 1.53. The van der Waals surface area contributed by atoms with Crippen LogP contribution < -0.4 is 5.32 Å². The zero-order valence-corrected chi connectivity index (χ0v) is 14.0. The van der Waals surface area contributed by atoms with Crippen molar-refractivity contribution in [1.29, 1.82) is 0 Å². The number of rotatable bonds is 9. The average molecular weight is 307 g/mol. The Bertz CT molecular complexity index is 436. The Hall–Kier alpha value is -1.71. The van der Waals surface area contributed by atoms with E-state index in [1.54, 1.807) is 6.08 Å². The smallest absolute Gasteiger partial charge is 0.220 e. The number of hydrogen-bond donors (Lipinski definition) is 2. The lowest BCUT2D eigenvalue weighted by atomic mass is 9.99. The van der Waals surface area contributed by atoms with E-state index in [0.29, 0.717) is 24.6 Å². The third-order valence-electron chi connectivity index (χ3n) is 3.58. The van der Waals surface area contributed by atoms with Gasteiger partial charge in [-0.3, -0.25) is 4.79 Å². The zero-order valence-electron chi connectivity index (χ0n) is 14.0. The summed E-state index contributed by atoms with van der Waals surface area (Å²) in [4.78, 5) is 11.8. The average Bonchev–Trinajstić information content (AvgIpc) is 2.49. The molecule has 1 amide bonds. The quantitative estimate of drug-likeness (QED) is 0.502. The molecule has 0 aliphatic heterocycles. The Morgan fingerprint density at radius 1 is 1.50 bits per heavy atom. The predicted octanol–water partition coefficient (Wildman–Crippen LogP) is 3.87. The van der Waals surface area contributed by atoms with Crippen LogP contribution in [0.1, 0.15) is 46.0 Å². The monoisotopic (exact) mass is 307 g/mol. The molecule has 0 unspecified atom stereocenters. The van der Waals surface area contributed by atoms with Gasteiger partial charge in [0.25, 0.3) is 0 Å². The molecule has 124 valence electrons. The minimum absolute atomic E-state index is 0.0963. The second-order valence-corrected chi connectivity index (χ2v) is 6.04. The summed E-state index contributed by atoms with van der Waals surface area (Å²) in [6.07, 6.45) is 12.3. The molecule has 0 radical (unpaired) electrons. The maximum atomic E-state index is 11.8. The highest BCUT2D eigenvalue weighted by molar-refractivity contribution is 5.75. The number of nitrogens with one attached hydrogen (secondary N) is 1. The van der Waals surface area contributed by atoms with Gasteiger partial charge in [0.05, 0.1) is 7.11 Å². The van der Waals surface area contributed by atoms with Gasteiger partial charge < -0.3 is 15.2 Å². The van der Waals surface area contributed by atoms with E-state index in [0.717, 1.165) is 25.7 Å². The summed E-state index contributed by atoms with van der Waals surface area (Å²) in [5.74, 6) is 1.54.